The van der Waals surface area contributed by atoms with Crippen molar-refractivity contribution in [1.82, 2.24) is 19.9 Å². The first kappa shape index (κ1) is 96.3. The van der Waals surface area contributed by atoms with E-state index < -0.39 is 41.1 Å². The number of pyridine rings is 4. The van der Waals surface area contributed by atoms with Crippen LogP contribution in [0.3, 0.4) is 0 Å². The third kappa shape index (κ3) is 25.1. The van der Waals surface area contributed by atoms with Crippen molar-refractivity contribution in [2.75, 3.05) is 47.8 Å². The van der Waals surface area contributed by atoms with Crippen LogP contribution < -0.4 is 19.6 Å². The molecule has 12 rings (SSSR count). The van der Waals surface area contributed by atoms with Crippen LogP contribution in [0.25, 0.3) is 44.5 Å². The van der Waals surface area contributed by atoms with Gasteiger partial charge in [-0.2, -0.15) is 18.2 Å². The molecule has 0 radical (unpaired) electrons. The summed E-state index contributed by atoms with van der Waals surface area (Å²) < 4.78 is 98.3. The van der Waals surface area contributed by atoms with Gasteiger partial charge >= 0.3 is 0 Å². The largest absolute Gasteiger partial charge is 0.316 e. The zero-order valence-electron chi connectivity index (χ0n) is 73.6. The van der Waals surface area contributed by atoms with Crippen molar-refractivity contribution in [2.45, 2.75) is 153 Å². The first-order chi connectivity index (χ1) is 60.0. The van der Waals surface area contributed by atoms with Gasteiger partial charge in [0, 0.05) is 136 Å². The monoisotopic (exact) mass is 1710 g/mol. The maximum absolute atomic E-state index is 14.7. The number of carbonyl (C=O) groups excluding carboxylic acids is 8. The molecule has 23 heteroatoms. The van der Waals surface area contributed by atoms with Crippen LogP contribution in [0.1, 0.15) is 182 Å². The maximum Gasteiger partial charge on any atom is 0.226 e. The van der Waals surface area contributed by atoms with E-state index in [-0.39, 0.29) is 107 Å². The molecule has 4 aromatic heterocycles. The quantitative estimate of drug-likeness (QED) is 0.0255. The molecular formula is C103H103F7N8O8. The van der Waals surface area contributed by atoms with Crippen LogP contribution in [-0.4, -0.2) is 94.9 Å². The first-order valence-corrected chi connectivity index (χ1v) is 41.6. The number of nitrogens with zero attached hydrogens (tertiary/aromatic N) is 8. The van der Waals surface area contributed by atoms with Crippen molar-refractivity contribution >= 4 is 69.5 Å². The minimum Gasteiger partial charge on any atom is -0.316 e. The van der Waals surface area contributed by atoms with E-state index in [1.54, 1.807) is 152 Å². The number of hydrogen-bond acceptors (Lipinski definition) is 12. The Balaban J connectivity index is 0.000000190. The fourth-order valence-corrected chi connectivity index (χ4v) is 14.4. The minimum absolute atomic E-state index is 0.0148. The maximum atomic E-state index is 14.7. The van der Waals surface area contributed by atoms with Gasteiger partial charge in [0.05, 0.1) is 22.6 Å². The Morgan fingerprint density at radius 1 is 0.294 bits per heavy atom. The van der Waals surface area contributed by atoms with E-state index in [4.69, 9.17) is 0 Å². The van der Waals surface area contributed by atoms with Gasteiger partial charge in [0.1, 0.15) is 23.3 Å². The zero-order chi connectivity index (χ0) is 91.9. The highest BCUT2D eigenvalue weighted by Crippen LogP contribution is 2.34. The Labute approximate surface area is 731 Å². The summed E-state index contributed by atoms with van der Waals surface area (Å²) in [7, 11) is 6.39. The van der Waals surface area contributed by atoms with Gasteiger partial charge in [0.2, 0.25) is 41.5 Å². The molecule has 0 spiro atoms. The standard InChI is InChI=1S/C27H29FN2O2.C26H26F2N2O2.C25H23F3N2O2.C25H25FN2O2/c1-6-27(32)30(5)25-13-10-22(16-24(25)28)21-9-12-23(17(2)15-21)26(31)14-11-20-8-7-18(3)29-19(20)4;1-5-26(32)30(4)23-11-7-20(15-22(23)27)19-6-10-21(16(2)14-19)24(31)12-8-18-9-13-25(28)29-17(18)3;1-4-24(32)30(3)21-10-6-18(14-20(21)26)17-5-9-19(15(2)13-17)22(31)11-7-16-8-12-23(27)29-25(16)28;1-4-25(30)28(3)21-11-7-19(8-12-21)20-9-13-22(23(26)16-20)24(29)14-10-18-6-5-15-27-17(18)2/h7-10,12-13,15-16H,6,11,14H2,1-5H3;6-7,9-11,13-15H,5,8,12H2,1-4H3;5-6,8-10,12-14H,4,7,11H2,1-3H3;5-9,11-13,15-16H,4,10,14H2,1-3H3. The van der Waals surface area contributed by atoms with Crippen molar-refractivity contribution < 1.29 is 69.1 Å². The van der Waals surface area contributed by atoms with Gasteiger partial charge in [0.15, 0.2) is 23.1 Å². The summed E-state index contributed by atoms with van der Waals surface area (Å²) in [4.78, 5) is 119. The molecule has 0 bridgehead atoms. The lowest BCUT2D eigenvalue weighted by atomic mass is 9.95. The highest BCUT2D eigenvalue weighted by Gasteiger charge is 2.23. The molecule has 0 N–H and O–H groups in total. The van der Waals surface area contributed by atoms with Crippen LogP contribution >= 0.6 is 0 Å². The second-order valence-electron chi connectivity index (χ2n) is 30.7. The van der Waals surface area contributed by atoms with Gasteiger partial charge in [-0.15, -0.1) is 0 Å². The predicted molar refractivity (Wildman–Crippen MR) is 483 cm³/mol. The van der Waals surface area contributed by atoms with Crippen LogP contribution in [0.5, 0.6) is 0 Å². The molecule has 16 nitrogen and oxygen atoms in total. The second-order valence-corrected chi connectivity index (χ2v) is 30.7. The average molecular weight is 1710 g/mol. The molecule has 4 amide bonds. The Hall–Kier alpha value is -13.6. The van der Waals surface area contributed by atoms with Gasteiger partial charge < -0.3 is 19.6 Å². The normalized spacial score (nSPS) is 10.8. The van der Waals surface area contributed by atoms with Gasteiger partial charge in [-0.05, 0) is 243 Å². The number of aromatic nitrogens is 4. The zero-order valence-corrected chi connectivity index (χ0v) is 73.6. The molecule has 0 saturated heterocycles. The molecular weight excluding hydrogens is 1610 g/mol. The molecule has 0 saturated carbocycles. The summed E-state index contributed by atoms with van der Waals surface area (Å²) in [5.41, 5.74) is 18.0. The van der Waals surface area contributed by atoms with Gasteiger partial charge in [-0.3, -0.25) is 48.3 Å². The third-order valence-corrected chi connectivity index (χ3v) is 22.1. The van der Waals surface area contributed by atoms with E-state index in [9.17, 15) is 69.1 Å². The van der Waals surface area contributed by atoms with Gasteiger partial charge in [0.25, 0.3) is 0 Å². The van der Waals surface area contributed by atoms with Crippen molar-refractivity contribution in [3.63, 3.8) is 0 Å². The topological polar surface area (TPSA) is 201 Å². The van der Waals surface area contributed by atoms with E-state index in [0.29, 0.717) is 95.1 Å². The molecule has 0 aliphatic rings. The average Bonchev–Trinajstić information content (AvgIpc) is 0.801. The molecule has 652 valence electrons. The summed E-state index contributed by atoms with van der Waals surface area (Å²) in [5.74, 6) is -5.14. The van der Waals surface area contributed by atoms with E-state index in [1.165, 1.54) is 58.1 Å². The Kier molecular flexibility index (Phi) is 34.1. The number of rotatable bonds is 28. The fraction of sp³-hybridized carbons (Fsp3) is 0.262. The lowest BCUT2D eigenvalue weighted by molar-refractivity contribution is -0.118. The third-order valence-electron chi connectivity index (χ3n) is 22.1. The van der Waals surface area contributed by atoms with Crippen molar-refractivity contribution in [1.29, 1.82) is 0 Å². The summed E-state index contributed by atoms with van der Waals surface area (Å²) in [5, 5.41) is 0. The fourth-order valence-electron chi connectivity index (χ4n) is 14.4. The van der Waals surface area contributed by atoms with Crippen molar-refractivity contribution in [2.24, 2.45) is 0 Å². The number of hydrogen-bond donors (Lipinski definition) is 0. The van der Waals surface area contributed by atoms with Crippen molar-refractivity contribution in [3.8, 4) is 44.5 Å². The molecule has 8 aromatic carbocycles. The number of Topliss-reactive ketones (excluding diaryl/α,β-unsaturated/α-hetero) is 4. The molecule has 4 heterocycles. The van der Waals surface area contributed by atoms with E-state index in [1.807, 2.05) is 114 Å². The SMILES string of the molecule is CCC(=O)N(C)c1ccc(-c2ccc(C(=O)CCc3ccc(C)nc3C)c(C)c2)cc1F.CCC(=O)N(C)c1ccc(-c2ccc(C(=O)CCc3ccc(F)nc3C)c(C)c2)cc1F.CCC(=O)N(C)c1ccc(-c2ccc(C(=O)CCc3ccc(F)nc3F)c(C)c2)cc1F.CCC(=O)N(C)c1ccc(-c2ccc(C(=O)CCc3cccnc3C)c(F)c2)cc1. The highest BCUT2D eigenvalue weighted by molar-refractivity contribution is 6.01. The summed E-state index contributed by atoms with van der Waals surface area (Å²) in [6.45, 7) is 20.1. The number of anilines is 4. The molecule has 0 aliphatic heterocycles. The number of benzene rings is 8. The van der Waals surface area contributed by atoms with Gasteiger partial charge in [-0.1, -0.05) is 137 Å². The number of amides is 4. The number of ketones is 4. The van der Waals surface area contributed by atoms with Crippen LogP contribution in [0, 0.1) is 89.6 Å². The van der Waals surface area contributed by atoms with E-state index in [0.717, 1.165) is 78.9 Å². The molecule has 0 unspecified atom stereocenters. The molecule has 12 aromatic rings. The number of halogens is 7. The Morgan fingerprint density at radius 3 is 0.960 bits per heavy atom. The minimum atomic E-state index is -0.915. The number of carbonyl (C=O) groups is 8. The first-order valence-electron chi connectivity index (χ1n) is 41.6. The van der Waals surface area contributed by atoms with E-state index in [2.05, 4.69) is 19.9 Å². The highest BCUT2D eigenvalue weighted by atomic mass is 19.2. The summed E-state index contributed by atoms with van der Waals surface area (Å²) in [6.07, 6.45) is 5.77. The summed E-state index contributed by atoms with van der Waals surface area (Å²) >= 11 is 0. The Morgan fingerprint density at radius 2 is 0.603 bits per heavy atom. The second kappa shape index (κ2) is 44.7. The smallest absolute Gasteiger partial charge is 0.226 e. The van der Waals surface area contributed by atoms with Crippen LogP contribution in [0.15, 0.2) is 206 Å². The van der Waals surface area contributed by atoms with E-state index >= 15 is 0 Å². The molecule has 0 atom stereocenters. The Bertz CT molecular complexity index is 5600. The van der Waals surface area contributed by atoms with Crippen LogP contribution in [0.2, 0.25) is 0 Å². The van der Waals surface area contributed by atoms with Crippen molar-refractivity contribution in [3.05, 3.63) is 331 Å². The molecule has 0 fully saturated rings. The molecule has 126 heavy (non-hydrogen) atoms. The molecule has 0 aliphatic carbocycles. The number of aryl methyl sites for hydroxylation is 11. The van der Waals surface area contributed by atoms with Gasteiger partial charge in [-0.25, -0.2) is 22.5 Å². The van der Waals surface area contributed by atoms with Crippen LogP contribution in [-0.2, 0) is 44.9 Å². The lowest BCUT2D eigenvalue weighted by Crippen LogP contribution is -2.25. The van der Waals surface area contributed by atoms with Crippen LogP contribution in [0.4, 0.5) is 53.5 Å². The lowest BCUT2D eigenvalue weighted by Gasteiger charge is -2.18. The predicted octanol–water partition coefficient (Wildman–Crippen LogP) is 22.9. The summed E-state index contributed by atoms with van der Waals surface area (Å²) in [6, 6.07) is 55.4.